The van der Waals surface area contributed by atoms with E-state index in [1.165, 1.54) is 29.4 Å². The first-order valence-corrected chi connectivity index (χ1v) is 10.8. The van der Waals surface area contributed by atoms with Crippen LogP contribution in [0.2, 0.25) is 0 Å². The number of nitrogens with zero attached hydrogens (tertiary/aromatic N) is 2. The third-order valence-electron chi connectivity index (χ3n) is 6.38. The zero-order chi connectivity index (χ0) is 22.4. The molecule has 1 aliphatic rings. The molecule has 1 unspecified atom stereocenters. The van der Waals surface area contributed by atoms with E-state index < -0.39 is 0 Å². The molecule has 1 fully saturated rings. The van der Waals surface area contributed by atoms with Gasteiger partial charge in [-0.2, -0.15) is 0 Å². The van der Waals surface area contributed by atoms with Gasteiger partial charge in [-0.25, -0.2) is 4.79 Å². The number of benzene rings is 2. The van der Waals surface area contributed by atoms with E-state index in [4.69, 9.17) is 9.47 Å². The van der Waals surface area contributed by atoms with Gasteiger partial charge in [0.1, 0.15) is 5.75 Å². The standard InChI is InChI=1S/C25H34N2O4/c1-18-19(2)24(30-3)10-9-22(18)16-27-13-12-26(17-23(27)11-14-28)15-20-5-7-21(8-6-20)25(29)31-4/h5-10,23,28H,11-17H2,1-4H3. The highest BCUT2D eigenvalue weighted by Gasteiger charge is 2.27. The average Bonchev–Trinajstić information content (AvgIpc) is 2.79. The van der Waals surface area contributed by atoms with Gasteiger partial charge in [0.2, 0.25) is 0 Å². The summed E-state index contributed by atoms with van der Waals surface area (Å²) >= 11 is 0. The zero-order valence-electron chi connectivity index (χ0n) is 19.1. The Labute approximate surface area is 185 Å². The average molecular weight is 427 g/mol. The molecule has 1 heterocycles. The Morgan fingerprint density at radius 1 is 1.03 bits per heavy atom. The molecule has 0 aliphatic carbocycles. The third-order valence-corrected chi connectivity index (χ3v) is 6.38. The molecule has 2 aromatic rings. The molecule has 3 rings (SSSR count). The molecular weight excluding hydrogens is 392 g/mol. The lowest BCUT2D eigenvalue weighted by molar-refractivity contribution is 0.0498. The number of carbonyl (C=O) groups is 1. The number of ether oxygens (including phenoxy) is 2. The van der Waals surface area contributed by atoms with Gasteiger partial charge in [-0.3, -0.25) is 9.80 Å². The van der Waals surface area contributed by atoms with Gasteiger partial charge in [-0.15, -0.1) is 0 Å². The maximum atomic E-state index is 11.6. The van der Waals surface area contributed by atoms with E-state index in [9.17, 15) is 9.90 Å². The smallest absolute Gasteiger partial charge is 0.337 e. The number of carbonyl (C=O) groups excluding carboxylic acids is 1. The van der Waals surface area contributed by atoms with Crippen molar-refractivity contribution in [2.24, 2.45) is 0 Å². The second-order valence-corrected chi connectivity index (χ2v) is 8.24. The molecule has 31 heavy (non-hydrogen) atoms. The van der Waals surface area contributed by atoms with Crippen LogP contribution in [0.1, 0.15) is 39.0 Å². The summed E-state index contributed by atoms with van der Waals surface area (Å²) < 4.78 is 10.2. The van der Waals surface area contributed by atoms with Gasteiger partial charge >= 0.3 is 5.97 Å². The molecule has 0 amide bonds. The second kappa shape index (κ2) is 10.8. The largest absolute Gasteiger partial charge is 0.496 e. The van der Waals surface area contributed by atoms with Gasteiger partial charge in [-0.05, 0) is 60.7 Å². The summed E-state index contributed by atoms with van der Waals surface area (Å²) in [7, 11) is 3.10. The molecule has 1 atom stereocenters. The number of aliphatic hydroxyl groups is 1. The van der Waals surface area contributed by atoms with Crippen molar-refractivity contribution in [1.82, 2.24) is 9.80 Å². The van der Waals surface area contributed by atoms with Crippen molar-refractivity contribution in [3.05, 3.63) is 64.2 Å². The molecule has 6 heteroatoms. The zero-order valence-corrected chi connectivity index (χ0v) is 19.1. The van der Waals surface area contributed by atoms with Crippen LogP contribution >= 0.6 is 0 Å². The maximum absolute atomic E-state index is 11.6. The van der Waals surface area contributed by atoms with E-state index in [0.29, 0.717) is 11.6 Å². The van der Waals surface area contributed by atoms with Crippen LogP contribution in [-0.2, 0) is 17.8 Å². The molecular formula is C25H34N2O4. The van der Waals surface area contributed by atoms with Crippen LogP contribution in [0.15, 0.2) is 36.4 Å². The number of hydrogen-bond acceptors (Lipinski definition) is 6. The van der Waals surface area contributed by atoms with Gasteiger partial charge in [0, 0.05) is 45.4 Å². The van der Waals surface area contributed by atoms with Crippen LogP contribution in [0.3, 0.4) is 0 Å². The van der Waals surface area contributed by atoms with Gasteiger partial charge in [0.25, 0.3) is 0 Å². The number of rotatable bonds is 8. The monoisotopic (exact) mass is 426 g/mol. The van der Waals surface area contributed by atoms with Crippen LogP contribution in [0.25, 0.3) is 0 Å². The lowest BCUT2D eigenvalue weighted by Gasteiger charge is -2.41. The summed E-state index contributed by atoms with van der Waals surface area (Å²) in [5, 5.41) is 9.65. The van der Waals surface area contributed by atoms with Gasteiger partial charge < -0.3 is 14.6 Å². The number of methoxy groups -OCH3 is 2. The first-order chi connectivity index (χ1) is 15.0. The summed E-state index contributed by atoms with van der Waals surface area (Å²) in [6.07, 6.45) is 0.756. The van der Waals surface area contributed by atoms with Crippen LogP contribution in [0, 0.1) is 13.8 Å². The molecule has 0 aromatic heterocycles. The van der Waals surface area contributed by atoms with E-state index in [1.807, 2.05) is 30.3 Å². The Morgan fingerprint density at radius 2 is 1.77 bits per heavy atom. The Balaban J connectivity index is 1.65. The molecule has 1 N–H and O–H groups in total. The molecule has 1 saturated heterocycles. The fourth-order valence-electron chi connectivity index (χ4n) is 4.32. The fourth-order valence-corrected chi connectivity index (χ4v) is 4.32. The van der Waals surface area contributed by atoms with Crippen molar-refractivity contribution in [3.63, 3.8) is 0 Å². The third kappa shape index (κ3) is 5.64. The van der Waals surface area contributed by atoms with E-state index in [2.05, 4.69) is 29.7 Å². The Kier molecular flexibility index (Phi) is 8.07. The van der Waals surface area contributed by atoms with E-state index in [1.54, 1.807) is 7.11 Å². The fraction of sp³-hybridized carbons (Fsp3) is 0.480. The van der Waals surface area contributed by atoms with Crippen molar-refractivity contribution < 1.29 is 19.4 Å². The van der Waals surface area contributed by atoms with Crippen molar-refractivity contribution >= 4 is 5.97 Å². The Bertz CT molecular complexity index is 882. The van der Waals surface area contributed by atoms with Crippen molar-refractivity contribution in [2.45, 2.75) is 39.4 Å². The lowest BCUT2D eigenvalue weighted by atomic mass is 10.00. The van der Waals surface area contributed by atoms with Crippen molar-refractivity contribution in [2.75, 3.05) is 40.5 Å². The Hall–Kier alpha value is -2.41. The number of esters is 1. The molecule has 0 radical (unpaired) electrons. The highest BCUT2D eigenvalue weighted by atomic mass is 16.5. The van der Waals surface area contributed by atoms with Crippen molar-refractivity contribution in [3.8, 4) is 5.75 Å². The number of aliphatic hydroxyl groups excluding tert-OH is 1. The minimum Gasteiger partial charge on any atom is -0.496 e. The van der Waals surface area contributed by atoms with Crippen LogP contribution in [0.4, 0.5) is 0 Å². The molecule has 168 valence electrons. The molecule has 0 bridgehead atoms. The highest BCUT2D eigenvalue weighted by Crippen LogP contribution is 2.26. The van der Waals surface area contributed by atoms with Gasteiger partial charge in [0.05, 0.1) is 19.8 Å². The van der Waals surface area contributed by atoms with Crippen LogP contribution in [0.5, 0.6) is 5.75 Å². The molecule has 0 saturated carbocycles. The lowest BCUT2D eigenvalue weighted by Crippen LogP contribution is -2.52. The van der Waals surface area contributed by atoms with Crippen LogP contribution < -0.4 is 4.74 Å². The molecule has 0 spiro atoms. The first-order valence-electron chi connectivity index (χ1n) is 10.8. The van der Waals surface area contributed by atoms with Gasteiger partial charge in [-0.1, -0.05) is 18.2 Å². The minimum absolute atomic E-state index is 0.184. The summed E-state index contributed by atoms with van der Waals surface area (Å²) in [6, 6.07) is 12.1. The molecule has 1 aliphatic heterocycles. The normalized spacial score (nSPS) is 17.5. The van der Waals surface area contributed by atoms with E-state index in [-0.39, 0.29) is 12.6 Å². The SMILES string of the molecule is COC(=O)c1ccc(CN2CCN(Cc3ccc(OC)c(C)c3C)C(CCO)C2)cc1. The van der Waals surface area contributed by atoms with Crippen LogP contribution in [-0.4, -0.2) is 67.4 Å². The quantitative estimate of drug-likeness (QED) is 0.655. The topological polar surface area (TPSA) is 62.2 Å². The highest BCUT2D eigenvalue weighted by molar-refractivity contribution is 5.89. The summed E-state index contributed by atoms with van der Waals surface area (Å²) in [4.78, 5) is 16.5. The summed E-state index contributed by atoms with van der Waals surface area (Å²) in [6.45, 7) is 8.98. The number of hydrogen-bond donors (Lipinski definition) is 1. The predicted molar refractivity (Wildman–Crippen MR) is 121 cm³/mol. The predicted octanol–water partition coefficient (Wildman–Crippen LogP) is 3.17. The second-order valence-electron chi connectivity index (χ2n) is 8.24. The molecule has 2 aromatic carbocycles. The Morgan fingerprint density at radius 3 is 2.42 bits per heavy atom. The van der Waals surface area contributed by atoms with E-state index in [0.717, 1.165) is 44.9 Å². The van der Waals surface area contributed by atoms with Gasteiger partial charge in [0.15, 0.2) is 0 Å². The minimum atomic E-state index is -0.313. The summed E-state index contributed by atoms with van der Waals surface area (Å²) in [5.74, 6) is 0.614. The maximum Gasteiger partial charge on any atom is 0.337 e. The summed E-state index contributed by atoms with van der Waals surface area (Å²) in [5.41, 5.74) is 5.51. The number of piperazine rings is 1. The van der Waals surface area contributed by atoms with Crippen molar-refractivity contribution in [1.29, 1.82) is 0 Å². The molecule has 6 nitrogen and oxygen atoms in total. The van der Waals surface area contributed by atoms with E-state index >= 15 is 0 Å². The first kappa shape index (κ1) is 23.3.